The molecule has 1 saturated heterocycles. The second-order valence-electron chi connectivity index (χ2n) is 9.48. The summed E-state index contributed by atoms with van der Waals surface area (Å²) in [6, 6.07) is 19.9. The largest absolute Gasteiger partial charge is 0.494 e. The first-order chi connectivity index (χ1) is 15.6. The fraction of sp³-hybridized carbons (Fsp3) is 0.519. The van der Waals surface area contributed by atoms with Gasteiger partial charge in [-0.25, -0.2) is 0 Å². The Bertz CT molecular complexity index is 877. The van der Waals surface area contributed by atoms with Gasteiger partial charge in [0.15, 0.2) is 0 Å². The molecule has 2 fully saturated rings. The van der Waals surface area contributed by atoms with Gasteiger partial charge < -0.3 is 20.1 Å². The number of aliphatic carboxylic acids is 1. The van der Waals surface area contributed by atoms with Crippen molar-refractivity contribution in [3.63, 3.8) is 0 Å². The van der Waals surface area contributed by atoms with Crippen LogP contribution in [0.1, 0.15) is 49.7 Å². The van der Waals surface area contributed by atoms with E-state index in [1.807, 2.05) is 13.0 Å². The van der Waals surface area contributed by atoms with Gasteiger partial charge in [-0.05, 0) is 74.4 Å². The molecule has 0 bridgehead atoms. The van der Waals surface area contributed by atoms with Crippen molar-refractivity contribution in [3.05, 3.63) is 65.7 Å². The number of carbonyl (C=O) groups is 1. The van der Waals surface area contributed by atoms with E-state index in [0.29, 0.717) is 25.1 Å². The Kier molecular flexibility index (Phi) is 7.48. The fourth-order valence-electron chi connectivity index (χ4n) is 5.10. The minimum absolute atomic E-state index is 0.189. The number of likely N-dealkylation sites (tertiary alicyclic amines) is 1. The van der Waals surface area contributed by atoms with Gasteiger partial charge in [0.25, 0.3) is 0 Å². The molecule has 5 nitrogen and oxygen atoms in total. The third-order valence-corrected chi connectivity index (χ3v) is 7.10. The number of nitrogens with zero attached hydrogens (tertiary/aromatic N) is 1. The van der Waals surface area contributed by atoms with E-state index >= 15 is 0 Å². The smallest absolute Gasteiger partial charge is 0.304 e. The predicted molar refractivity (Wildman–Crippen MR) is 127 cm³/mol. The van der Waals surface area contributed by atoms with Crippen LogP contribution in [0, 0.1) is 5.41 Å². The number of piperidine rings is 1. The van der Waals surface area contributed by atoms with Crippen LogP contribution in [-0.4, -0.2) is 54.8 Å². The van der Waals surface area contributed by atoms with Crippen LogP contribution in [0.15, 0.2) is 54.6 Å². The van der Waals surface area contributed by atoms with Crippen molar-refractivity contribution in [2.75, 3.05) is 32.8 Å². The van der Waals surface area contributed by atoms with Gasteiger partial charge in [-0.2, -0.15) is 0 Å². The molecular weight excluding hydrogens is 400 g/mol. The zero-order valence-corrected chi connectivity index (χ0v) is 19.1. The van der Waals surface area contributed by atoms with Gasteiger partial charge >= 0.3 is 5.97 Å². The summed E-state index contributed by atoms with van der Waals surface area (Å²) in [4.78, 5) is 13.3. The zero-order valence-electron chi connectivity index (χ0n) is 19.1. The Hall–Kier alpha value is -2.37. The lowest BCUT2D eigenvalue weighted by Crippen LogP contribution is -2.47. The molecular formula is C27H36N2O3. The Morgan fingerprint density at radius 3 is 2.66 bits per heavy atom. The second kappa shape index (κ2) is 10.5. The van der Waals surface area contributed by atoms with Gasteiger partial charge in [0.1, 0.15) is 5.75 Å². The van der Waals surface area contributed by atoms with Crippen LogP contribution < -0.4 is 10.1 Å². The molecule has 4 rings (SSSR count). The van der Waals surface area contributed by atoms with E-state index in [1.54, 1.807) is 0 Å². The SMILES string of the molecule is CCOc1cccc(CC2(CN[C@@H]3C[C@H]3c3ccccc3)CCN(CCC(=O)O)CC2)c1. The van der Waals surface area contributed by atoms with E-state index in [1.165, 1.54) is 17.5 Å². The number of carboxylic acid groups (broad SMARTS) is 1. The highest BCUT2D eigenvalue weighted by molar-refractivity contribution is 5.66. The van der Waals surface area contributed by atoms with Crippen LogP contribution in [0.5, 0.6) is 5.75 Å². The van der Waals surface area contributed by atoms with Crippen LogP contribution >= 0.6 is 0 Å². The van der Waals surface area contributed by atoms with E-state index in [2.05, 4.69) is 58.7 Å². The molecule has 0 radical (unpaired) electrons. The molecule has 1 aliphatic carbocycles. The monoisotopic (exact) mass is 436 g/mol. The second-order valence-corrected chi connectivity index (χ2v) is 9.48. The summed E-state index contributed by atoms with van der Waals surface area (Å²) in [6.45, 7) is 6.28. The third-order valence-electron chi connectivity index (χ3n) is 7.10. The van der Waals surface area contributed by atoms with Crippen molar-refractivity contribution in [1.82, 2.24) is 10.2 Å². The Labute approximate surface area is 191 Å². The Morgan fingerprint density at radius 1 is 1.16 bits per heavy atom. The van der Waals surface area contributed by atoms with Crippen molar-refractivity contribution in [1.29, 1.82) is 0 Å². The molecule has 1 saturated carbocycles. The summed E-state index contributed by atoms with van der Waals surface area (Å²) in [5, 5.41) is 12.9. The zero-order chi connectivity index (χ0) is 22.4. The molecule has 32 heavy (non-hydrogen) atoms. The normalized spacial score (nSPS) is 22.4. The average Bonchev–Trinajstić information content (AvgIpc) is 3.58. The number of hydrogen-bond donors (Lipinski definition) is 2. The van der Waals surface area contributed by atoms with Gasteiger partial charge in [-0.15, -0.1) is 0 Å². The van der Waals surface area contributed by atoms with Crippen molar-refractivity contribution in [2.45, 2.75) is 51.0 Å². The van der Waals surface area contributed by atoms with Gasteiger partial charge in [-0.1, -0.05) is 42.5 Å². The van der Waals surface area contributed by atoms with Crippen molar-refractivity contribution < 1.29 is 14.6 Å². The highest BCUT2D eigenvalue weighted by atomic mass is 16.5. The molecule has 2 N–H and O–H groups in total. The van der Waals surface area contributed by atoms with Gasteiger partial charge in [0, 0.05) is 25.0 Å². The van der Waals surface area contributed by atoms with Crippen molar-refractivity contribution >= 4 is 5.97 Å². The molecule has 2 atom stereocenters. The highest BCUT2D eigenvalue weighted by Gasteiger charge is 2.41. The summed E-state index contributed by atoms with van der Waals surface area (Å²) < 4.78 is 5.73. The van der Waals surface area contributed by atoms with E-state index in [0.717, 1.165) is 44.6 Å². The number of rotatable bonds is 11. The fourth-order valence-corrected chi connectivity index (χ4v) is 5.10. The molecule has 2 aliphatic rings. The molecule has 2 aromatic carbocycles. The Morgan fingerprint density at radius 2 is 1.94 bits per heavy atom. The lowest BCUT2D eigenvalue weighted by Gasteiger charge is -2.42. The number of ether oxygens (including phenoxy) is 1. The first kappa shape index (κ1) is 22.8. The first-order valence-corrected chi connectivity index (χ1v) is 12.0. The molecule has 1 aliphatic heterocycles. The summed E-state index contributed by atoms with van der Waals surface area (Å²) in [5.41, 5.74) is 2.95. The van der Waals surface area contributed by atoms with E-state index in [-0.39, 0.29) is 11.8 Å². The lowest BCUT2D eigenvalue weighted by molar-refractivity contribution is -0.137. The van der Waals surface area contributed by atoms with E-state index < -0.39 is 5.97 Å². The van der Waals surface area contributed by atoms with Crippen LogP contribution in [0.25, 0.3) is 0 Å². The van der Waals surface area contributed by atoms with Crippen LogP contribution in [-0.2, 0) is 11.2 Å². The maximum Gasteiger partial charge on any atom is 0.304 e. The molecule has 2 aromatic rings. The quantitative estimate of drug-likeness (QED) is 0.549. The number of hydrogen-bond acceptors (Lipinski definition) is 4. The molecule has 0 unspecified atom stereocenters. The number of nitrogens with one attached hydrogen (secondary N) is 1. The number of carboxylic acids is 1. The Balaban J connectivity index is 1.40. The van der Waals surface area contributed by atoms with Gasteiger partial charge in [0.05, 0.1) is 13.0 Å². The molecule has 0 amide bonds. The third kappa shape index (κ3) is 6.11. The predicted octanol–water partition coefficient (Wildman–Crippen LogP) is 4.33. The standard InChI is InChI=1S/C27H36N2O3/c1-2-32-23-10-6-7-21(17-23)19-27(12-15-29(16-13-27)14-11-26(30)31)20-28-25-18-24(25)22-8-4-3-5-9-22/h3-10,17,24-25,28H,2,11-16,18-20H2,1H3,(H,30,31)/t24-,25+/m0/s1. The summed E-state index contributed by atoms with van der Waals surface area (Å²) in [6.07, 6.45) is 4.63. The minimum atomic E-state index is -0.711. The van der Waals surface area contributed by atoms with Gasteiger partial charge in [0.2, 0.25) is 0 Å². The van der Waals surface area contributed by atoms with E-state index in [4.69, 9.17) is 9.84 Å². The van der Waals surface area contributed by atoms with E-state index in [9.17, 15) is 4.79 Å². The number of benzene rings is 2. The summed E-state index contributed by atoms with van der Waals surface area (Å²) in [7, 11) is 0. The molecule has 172 valence electrons. The molecule has 1 heterocycles. The molecule has 0 aromatic heterocycles. The molecule has 0 spiro atoms. The summed E-state index contributed by atoms with van der Waals surface area (Å²) in [5.74, 6) is 0.862. The topological polar surface area (TPSA) is 61.8 Å². The summed E-state index contributed by atoms with van der Waals surface area (Å²) >= 11 is 0. The minimum Gasteiger partial charge on any atom is -0.494 e. The van der Waals surface area contributed by atoms with Gasteiger partial charge in [-0.3, -0.25) is 4.79 Å². The van der Waals surface area contributed by atoms with Crippen LogP contribution in [0.3, 0.4) is 0 Å². The van der Waals surface area contributed by atoms with Crippen molar-refractivity contribution in [2.24, 2.45) is 5.41 Å². The lowest BCUT2D eigenvalue weighted by atomic mass is 9.73. The average molecular weight is 437 g/mol. The van der Waals surface area contributed by atoms with Crippen LogP contribution in [0.4, 0.5) is 0 Å². The van der Waals surface area contributed by atoms with Crippen LogP contribution in [0.2, 0.25) is 0 Å². The first-order valence-electron chi connectivity index (χ1n) is 12.0. The maximum absolute atomic E-state index is 11.0. The maximum atomic E-state index is 11.0. The van der Waals surface area contributed by atoms with Crippen molar-refractivity contribution in [3.8, 4) is 5.75 Å². The molecule has 5 heteroatoms. The highest BCUT2D eigenvalue weighted by Crippen LogP contribution is 2.42.